The molecule has 0 aliphatic heterocycles. The maximum Gasteiger partial charge on any atom is 0.0544 e. The van der Waals surface area contributed by atoms with Crippen LogP contribution in [0.1, 0.15) is 11.1 Å². The zero-order valence-corrected chi connectivity index (χ0v) is 28.3. The molecule has 9 aromatic rings. The van der Waals surface area contributed by atoms with E-state index in [1.54, 1.807) is 0 Å². The molecule has 9 rings (SSSR count). The van der Waals surface area contributed by atoms with Gasteiger partial charge in [0.25, 0.3) is 0 Å². The molecule has 0 atom stereocenters. The third kappa shape index (κ3) is 4.71. The molecule has 0 radical (unpaired) electrons. The minimum absolute atomic E-state index is 1.04. The van der Waals surface area contributed by atoms with Gasteiger partial charge in [0.05, 0.1) is 16.6 Å². The van der Waals surface area contributed by atoms with Gasteiger partial charge < -0.3 is 14.5 Å². The van der Waals surface area contributed by atoms with Crippen LogP contribution in [0.2, 0.25) is 0 Å². The van der Waals surface area contributed by atoms with Crippen LogP contribution in [-0.4, -0.2) is 9.55 Å². The Labute approximate surface area is 287 Å². The first-order valence-corrected chi connectivity index (χ1v) is 17.1. The minimum atomic E-state index is 1.04. The Morgan fingerprint density at radius 2 is 1.21 bits per heavy atom. The molecule has 0 spiro atoms. The van der Waals surface area contributed by atoms with E-state index >= 15 is 0 Å². The fourth-order valence-corrected chi connectivity index (χ4v) is 7.81. The Kier molecular flexibility index (Phi) is 6.73. The molecule has 230 valence electrons. The lowest BCUT2D eigenvalue weighted by molar-refractivity contribution is 1.18. The molecule has 7 aromatic carbocycles. The molecule has 48 heavy (non-hydrogen) atoms. The number of nitrogens with zero attached hydrogens (tertiary/aromatic N) is 2. The van der Waals surface area contributed by atoms with Crippen molar-refractivity contribution < 1.29 is 0 Å². The molecule has 0 amide bonds. The fraction of sp³-hybridized carbons (Fsp3) is 0.0455. The highest BCUT2D eigenvalue weighted by atomic mass is 79.9. The maximum atomic E-state index is 3.90. The van der Waals surface area contributed by atoms with Gasteiger partial charge in [0, 0.05) is 59.8 Å². The molecule has 2 heterocycles. The topological polar surface area (TPSA) is 24.0 Å². The lowest BCUT2D eigenvalue weighted by atomic mass is 9.98. The first kappa shape index (κ1) is 28.6. The van der Waals surface area contributed by atoms with Crippen LogP contribution >= 0.6 is 15.9 Å². The van der Waals surface area contributed by atoms with E-state index in [2.05, 4.69) is 196 Å². The number of hydrogen-bond donors (Lipinski definition) is 1. The molecule has 1 N–H and O–H groups in total. The van der Waals surface area contributed by atoms with Gasteiger partial charge in [-0.2, -0.15) is 0 Å². The second-order valence-electron chi connectivity index (χ2n) is 12.7. The van der Waals surface area contributed by atoms with E-state index in [4.69, 9.17) is 0 Å². The van der Waals surface area contributed by atoms with E-state index in [-0.39, 0.29) is 0 Å². The van der Waals surface area contributed by atoms with Crippen LogP contribution in [-0.2, 0) is 0 Å². The highest BCUT2D eigenvalue weighted by Crippen LogP contribution is 2.41. The van der Waals surface area contributed by atoms with Crippen molar-refractivity contribution in [1.82, 2.24) is 9.55 Å². The first-order valence-electron chi connectivity index (χ1n) is 16.3. The predicted octanol–water partition coefficient (Wildman–Crippen LogP) is 12.9. The van der Waals surface area contributed by atoms with Crippen molar-refractivity contribution in [2.75, 3.05) is 4.90 Å². The van der Waals surface area contributed by atoms with Gasteiger partial charge in [0.15, 0.2) is 0 Å². The Morgan fingerprint density at radius 1 is 0.521 bits per heavy atom. The van der Waals surface area contributed by atoms with Gasteiger partial charge in [-0.15, -0.1) is 0 Å². The summed E-state index contributed by atoms with van der Waals surface area (Å²) in [6, 6.07) is 54.8. The molecule has 0 bridgehead atoms. The molecule has 2 aromatic heterocycles. The highest BCUT2D eigenvalue weighted by molar-refractivity contribution is 9.10. The van der Waals surface area contributed by atoms with Crippen molar-refractivity contribution in [3.8, 4) is 16.8 Å². The summed E-state index contributed by atoms with van der Waals surface area (Å²) in [5.74, 6) is 0. The van der Waals surface area contributed by atoms with E-state index in [1.807, 2.05) is 0 Å². The second-order valence-corrected chi connectivity index (χ2v) is 13.6. The summed E-state index contributed by atoms with van der Waals surface area (Å²) in [4.78, 5) is 6.08. The van der Waals surface area contributed by atoms with Gasteiger partial charge in [0.2, 0.25) is 0 Å². The second kappa shape index (κ2) is 11.3. The standard InChI is InChI=1S/C44H32BrN3/c1-28-17-19-41-38(21-28)40-23-29(2)22-37(44(40)46-41)30-24-31(45)26-35(25-30)48-42-16-10-9-15-36(42)39-27-34(18-20-43(39)48)47(32-11-5-3-6-12-32)33-13-7-4-8-14-33/h3-27,46H,1-2H3. The summed E-state index contributed by atoms with van der Waals surface area (Å²) >= 11 is 3.90. The van der Waals surface area contributed by atoms with E-state index in [9.17, 15) is 0 Å². The van der Waals surface area contributed by atoms with E-state index in [0.29, 0.717) is 0 Å². The summed E-state index contributed by atoms with van der Waals surface area (Å²) in [5, 5.41) is 4.96. The number of aromatic nitrogens is 2. The average molecular weight is 683 g/mol. The Hall–Kier alpha value is -5.58. The van der Waals surface area contributed by atoms with Gasteiger partial charge >= 0.3 is 0 Å². The van der Waals surface area contributed by atoms with E-state index in [0.717, 1.165) is 32.7 Å². The fourth-order valence-electron chi connectivity index (χ4n) is 7.32. The first-order chi connectivity index (χ1) is 23.5. The van der Waals surface area contributed by atoms with Crippen LogP contribution in [0.15, 0.2) is 156 Å². The van der Waals surface area contributed by atoms with Gasteiger partial charge in [-0.3, -0.25) is 0 Å². The number of halogens is 1. The number of rotatable bonds is 5. The van der Waals surface area contributed by atoms with Crippen LogP contribution in [0.4, 0.5) is 17.1 Å². The van der Waals surface area contributed by atoms with Crippen LogP contribution in [0, 0.1) is 13.8 Å². The van der Waals surface area contributed by atoms with E-state index in [1.165, 1.54) is 60.3 Å². The monoisotopic (exact) mass is 681 g/mol. The lowest BCUT2D eigenvalue weighted by Crippen LogP contribution is -2.09. The number of anilines is 3. The van der Waals surface area contributed by atoms with Crippen molar-refractivity contribution in [3.63, 3.8) is 0 Å². The van der Waals surface area contributed by atoms with Crippen LogP contribution in [0.3, 0.4) is 0 Å². The summed E-state index contributed by atoms with van der Waals surface area (Å²) in [5.41, 5.74) is 14.0. The molecular formula is C44H32BrN3. The number of nitrogens with one attached hydrogen (secondary N) is 1. The molecule has 3 nitrogen and oxygen atoms in total. The van der Waals surface area contributed by atoms with Crippen molar-refractivity contribution in [1.29, 1.82) is 0 Å². The lowest BCUT2D eigenvalue weighted by Gasteiger charge is -2.25. The predicted molar refractivity (Wildman–Crippen MR) is 207 cm³/mol. The van der Waals surface area contributed by atoms with Crippen LogP contribution < -0.4 is 4.90 Å². The molecule has 0 aliphatic rings. The van der Waals surface area contributed by atoms with Crippen molar-refractivity contribution in [2.24, 2.45) is 0 Å². The molecule has 4 heteroatoms. The number of para-hydroxylation sites is 3. The Balaban J connectivity index is 1.26. The van der Waals surface area contributed by atoms with Gasteiger partial charge in [0.1, 0.15) is 0 Å². The van der Waals surface area contributed by atoms with Crippen molar-refractivity contribution >= 4 is 76.6 Å². The van der Waals surface area contributed by atoms with Crippen LogP contribution in [0.5, 0.6) is 0 Å². The van der Waals surface area contributed by atoms with Crippen molar-refractivity contribution in [3.05, 3.63) is 167 Å². The molecule has 0 aliphatic carbocycles. The number of H-pyrrole nitrogens is 1. The number of aromatic amines is 1. The number of aryl methyl sites for hydroxylation is 2. The summed E-state index contributed by atoms with van der Waals surface area (Å²) in [7, 11) is 0. The smallest absolute Gasteiger partial charge is 0.0544 e. The molecular weight excluding hydrogens is 650 g/mol. The third-order valence-electron chi connectivity index (χ3n) is 9.40. The van der Waals surface area contributed by atoms with Gasteiger partial charge in [-0.25, -0.2) is 0 Å². The molecule has 0 saturated carbocycles. The van der Waals surface area contributed by atoms with Crippen LogP contribution in [0.25, 0.3) is 60.4 Å². The van der Waals surface area contributed by atoms with E-state index < -0.39 is 0 Å². The Bertz CT molecular complexity index is 2610. The zero-order valence-electron chi connectivity index (χ0n) is 26.7. The van der Waals surface area contributed by atoms with Gasteiger partial charge in [-0.1, -0.05) is 82.2 Å². The number of fused-ring (bicyclic) bond motifs is 6. The average Bonchev–Trinajstić information content (AvgIpc) is 3.64. The zero-order chi connectivity index (χ0) is 32.4. The van der Waals surface area contributed by atoms with Gasteiger partial charge in [-0.05, 0) is 116 Å². The highest BCUT2D eigenvalue weighted by Gasteiger charge is 2.19. The summed E-state index contributed by atoms with van der Waals surface area (Å²) in [6.07, 6.45) is 0. The minimum Gasteiger partial charge on any atom is -0.354 e. The number of hydrogen-bond acceptors (Lipinski definition) is 1. The van der Waals surface area contributed by atoms with Crippen molar-refractivity contribution in [2.45, 2.75) is 13.8 Å². The number of benzene rings is 7. The summed E-state index contributed by atoms with van der Waals surface area (Å²) < 4.78 is 3.44. The Morgan fingerprint density at radius 3 is 1.98 bits per heavy atom. The largest absolute Gasteiger partial charge is 0.354 e. The molecule has 0 unspecified atom stereocenters. The summed E-state index contributed by atoms with van der Waals surface area (Å²) in [6.45, 7) is 4.35. The third-order valence-corrected chi connectivity index (χ3v) is 9.86. The normalized spacial score (nSPS) is 11.6. The quantitative estimate of drug-likeness (QED) is 0.192. The maximum absolute atomic E-state index is 3.90. The molecule has 0 fully saturated rings. The molecule has 0 saturated heterocycles. The SMILES string of the molecule is Cc1ccc2[nH]c3c(-c4cc(Br)cc(-n5c6ccccc6c6cc(N(c7ccccc7)c7ccccc7)ccc65)c4)cc(C)cc3c2c1.